The number of nitrogens with two attached hydrogens (primary N) is 1. The second-order valence-electron chi connectivity index (χ2n) is 12.4. The Morgan fingerprint density at radius 2 is 1.47 bits per heavy atom. The Morgan fingerprint density at radius 3 is 2.13 bits per heavy atom. The number of amides is 1. The first kappa shape index (κ1) is 28.0. The lowest BCUT2D eigenvalue weighted by atomic mass is 9.79. The Labute approximate surface area is 230 Å². The van der Waals surface area contributed by atoms with Crippen LogP contribution in [0.2, 0.25) is 0 Å². The minimum atomic E-state index is -0.416. The zero-order valence-corrected chi connectivity index (χ0v) is 23.4. The van der Waals surface area contributed by atoms with E-state index in [2.05, 4.69) is 51.1 Å². The van der Waals surface area contributed by atoms with Crippen LogP contribution in [0.3, 0.4) is 0 Å². The average Bonchev–Trinajstić information content (AvgIpc) is 3.50. The number of nitrogens with zero attached hydrogens (tertiary/aromatic N) is 2. The molecule has 0 spiro atoms. The van der Waals surface area contributed by atoms with Crippen molar-refractivity contribution in [3.63, 3.8) is 0 Å². The minimum Gasteiger partial charge on any atom is -0.349 e. The van der Waals surface area contributed by atoms with Gasteiger partial charge in [0.15, 0.2) is 0 Å². The summed E-state index contributed by atoms with van der Waals surface area (Å²) in [7, 11) is 0. The molecule has 4 N–H and O–H groups in total. The molecule has 2 heterocycles. The Bertz CT molecular complexity index is 836. The van der Waals surface area contributed by atoms with Gasteiger partial charge in [0.05, 0.1) is 6.04 Å². The first-order chi connectivity index (χ1) is 18.7. The molecule has 2 aliphatic heterocycles. The van der Waals surface area contributed by atoms with Crippen molar-refractivity contribution in [1.29, 1.82) is 0 Å². The van der Waals surface area contributed by atoms with Crippen LogP contribution in [0.15, 0.2) is 30.3 Å². The second kappa shape index (κ2) is 14.2. The fourth-order valence-electron chi connectivity index (χ4n) is 7.52. The molecule has 212 valence electrons. The van der Waals surface area contributed by atoms with E-state index in [9.17, 15) is 4.79 Å². The van der Waals surface area contributed by atoms with Gasteiger partial charge in [-0.1, -0.05) is 101 Å². The molecule has 5 rings (SSSR count). The van der Waals surface area contributed by atoms with Crippen LogP contribution in [0.5, 0.6) is 0 Å². The molecule has 2 saturated heterocycles. The van der Waals surface area contributed by atoms with Gasteiger partial charge in [0, 0.05) is 31.6 Å². The van der Waals surface area contributed by atoms with E-state index < -0.39 is 6.23 Å². The summed E-state index contributed by atoms with van der Waals surface area (Å²) < 4.78 is 0. The van der Waals surface area contributed by atoms with Crippen LogP contribution in [0, 0.1) is 11.8 Å². The zero-order chi connectivity index (χ0) is 26.2. The molecular formula is C31H51N5O2. The molecule has 0 aromatic heterocycles. The van der Waals surface area contributed by atoms with Gasteiger partial charge in [0.1, 0.15) is 12.3 Å². The summed E-state index contributed by atoms with van der Waals surface area (Å²) in [4.78, 5) is 19.4. The van der Waals surface area contributed by atoms with Gasteiger partial charge in [-0.2, -0.15) is 5.48 Å². The lowest BCUT2D eigenvalue weighted by Crippen LogP contribution is -2.51. The highest BCUT2D eigenvalue weighted by Crippen LogP contribution is 2.34. The van der Waals surface area contributed by atoms with Crippen molar-refractivity contribution in [2.45, 2.75) is 127 Å². The molecule has 0 radical (unpaired) electrons. The molecule has 4 unspecified atom stereocenters. The van der Waals surface area contributed by atoms with E-state index in [1.807, 2.05) is 0 Å². The molecule has 4 atom stereocenters. The van der Waals surface area contributed by atoms with Crippen molar-refractivity contribution in [1.82, 2.24) is 20.8 Å². The number of hydrazine groups is 1. The molecule has 0 bridgehead atoms. The number of rotatable bonds is 6. The van der Waals surface area contributed by atoms with Crippen LogP contribution in [0.4, 0.5) is 0 Å². The predicted molar refractivity (Wildman–Crippen MR) is 151 cm³/mol. The van der Waals surface area contributed by atoms with E-state index >= 15 is 0 Å². The number of carbonyl (C=O) groups excluding carboxylic acids is 1. The largest absolute Gasteiger partial charge is 0.349 e. The van der Waals surface area contributed by atoms with Crippen molar-refractivity contribution >= 4 is 5.91 Å². The molecular weight excluding hydrogens is 474 g/mol. The van der Waals surface area contributed by atoms with E-state index in [1.54, 1.807) is 0 Å². The number of benzene rings is 1. The summed E-state index contributed by atoms with van der Waals surface area (Å²) in [5, 5.41) is 8.55. The average molecular weight is 526 g/mol. The summed E-state index contributed by atoms with van der Waals surface area (Å²) >= 11 is 0. The van der Waals surface area contributed by atoms with Gasteiger partial charge in [0.2, 0.25) is 5.91 Å². The third-order valence-corrected chi connectivity index (χ3v) is 9.57. The third kappa shape index (κ3) is 7.36. The molecule has 1 aromatic rings. The summed E-state index contributed by atoms with van der Waals surface area (Å²) in [6.45, 7) is 2.63. The van der Waals surface area contributed by atoms with Gasteiger partial charge in [-0.25, -0.2) is 10.0 Å². The normalized spacial score (nSPS) is 31.7. The Morgan fingerprint density at radius 1 is 0.868 bits per heavy atom. The molecule has 7 nitrogen and oxygen atoms in total. The van der Waals surface area contributed by atoms with Crippen molar-refractivity contribution in [3.05, 3.63) is 35.9 Å². The van der Waals surface area contributed by atoms with Crippen molar-refractivity contribution in [2.75, 3.05) is 13.1 Å². The maximum Gasteiger partial charge on any atom is 0.240 e. The molecule has 2 saturated carbocycles. The summed E-state index contributed by atoms with van der Waals surface area (Å²) in [5.74, 6) is 0.544. The van der Waals surface area contributed by atoms with Crippen LogP contribution >= 0.6 is 0 Å². The van der Waals surface area contributed by atoms with Gasteiger partial charge < -0.3 is 11.1 Å². The van der Waals surface area contributed by atoms with Crippen LogP contribution in [-0.2, 0) is 16.2 Å². The molecule has 1 amide bonds. The molecule has 4 aliphatic rings. The molecule has 2 aliphatic carbocycles. The highest BCUT2D eigenvalue weighted by atomic mass is 16.7. The third-order valence-electron chi connectivity index (χ3n) is 9.57. The quantitative estimate of drug-likeness (QED) is 0.492. The van der Waals surface area contributed by atoms with E-state index in [0.717, 1.165) is 32.5 Å². The maximum absolute atomic E-state index is 13.7. The van der Waals surface area contributed by atoms with E-state index in [-0.39, 0.29) is 23.9 Å². The zero-order valence-electron chi connectivity index (χ0n) is 23.4. The standard InChI is InChI=1S/C31H51N5O2/c32-30-28(25-17-11-4-1-2-5-12-18-25)29(34-38-30)31(37)33-26-22-35(21-24-15-9-8-10-16-24)36(23-26)27-19-13-6-3-7-14-20-27/h8-10,15-16,25-30,34H,1-7,11-14,17-23,32H2,(H,33,37). The molecule has 4 fully saturated rings. The van der Waals surface area contributed by atoms with Gasteiger partial charge in [-0.05, 0) is 37.2 Å². The minimum absolute atomic E-state index is 0.0386. The van der Waals surface area contributed by atoms with E-state index in [1.165, 1.54) is 89.0 Å². The number of hydrogen-bond acceptors (Lipinski definition) is 6. The number of nitrogens with one attached hydrogen (secondary N) is 2. The number of hydroxylamine groups is 1. The van der Waals surface area contributed by atoms with Crippen LogP contribution in [-0.4, -0.2) is 53.4 Å². The Balaban J connectivity index is 1.25. The number of carbonyl (C=O) groups is 1. The molecule has 38 heavy (non-hydrogen) atoms. The fourth-order valence-corrected chi connectivity index (χ4v) is 7.52. The van der Waals surface area contributed by atoms with Crippen molar-refractivity contribution in [2.24, 2.45) is 17.6 Å². The lowest BCUT2D eigenvalue weighted by Gasteiger charge is -2.36. The molecule has 1 aromatic carbocycles. The second-order valence-corrected chi connectivity index (χ2v) is 12.4. The van der Waals surface area contributed by atoms with Gasteiger partial charge >= 0.3 is 0 Å². The van der Waals surface area contributed by atoms with Crippen LogP contribution in [0.25, 0.3) is 0 Å². The fraction of sp³-hybridized carbons (Fsp3) is 0.774. The SMILES string of the molecule is NC1ONC(C(=O)NC2CN(Cc3ccccc3)N(C3CCCCCCC3)C2)C1C1CCCCCCCC1. The van der Waals surface area contributed by atoms with Gasteiger partial charge in [-0.3, -0.25) is 9.63 Å². The van der Waals surface area contributed by atoms with Crippen LogP contribution in [0.1, 0.15) is 102 Å². The first-order valence-corrected chi connectivity index (χ1v) is 15.7. The van der Waals surface area contributed by atoms with Crippen LogP contribution < -0.4 is 16.5 Å². The van der Waals surface area contributed by atoms with Crippen molar-refractivity contribution in [3.8, 4) is 0 Å². The Hall–Kier alpha value is -1.51. The van der Waals surface area contributed by atoms with Crippen molar-refractivity contribution < 1.29 is 9.63 Å². The molecule has 7 heteroatoms. The summed E-state index contributed by atoms with van der Waals surface area (Å²) in [5.41, 5.74) is 10.8. The van der Waals surface area contributed by atoms with E-state index in [0.29, 0.717) is 12.0 Å². The first-order valence-electron chi connectivity index (χ1n) is 15.7. The highest BCUT2D eigenvalue weighted by Gasteiger charge is 2.45. The van der Waals surface area contributed by atoms with Gasteiger partial charge in [-0.15, -0.1) is 0 Å². The topological polar surface area (TPSA) is 82.9 Å². The smallest absolute Gasteiger partial charge is 0.240 e. The van der Waals surface area contributed by atoms with Gasteiger partial charge in [0.25, 0.3) is 0 Å². The van der Waals surface area contributed by atoms with E-state index in [4.69, 9.17) is 10.6 Å². The lowest BCUT2D eigenvalue weighted by molar-refractivity contribution is -0.125. The monoisotopic (exact) mass is 525 g/mol. The number of hydrogen-bond donors (Lipinski definition) is 3. The predicted octanol–water partition coefficient (Wildman–Crippen LogP) is 4.87. The Kier molecular flexibility index (Phi) is 10.5. The summed E-state index contributed by atoms with van der Waals surface area (Å²) in [6, 6.07) is 11.1. The highest BCUT2D eigenvalue weighted by molar-refractivity contribution is 5.82. The maximum atomic E-state index is 13.7. The summed E-state index contributed by atoms with van der Waals surface area (Å²) in [6.07, 6.45) is 18.8.